The number of rotatable bonds is 6. The zero-order valence-corrected chi connectivity index (χ0v) is 19.9. The lowest BCUT2D eigenvalue weighted by Gasteiger charge is -2.13. The second-order valence-electron chi connectivity index (χ2n) is 7.10. The Bertz CT molecular complexity index is 1280. The molecule has 0 atom stereocenters. The van der Waals surface area contributed by atoms with Gasteiger partial charge in [-0.2, -0.15) is 0 Å². The Morgan fingerprint density at radius 1 is 0.939 bits per heavy atom. The van der Waals surface area contributed by atoms with Gasteiger partial charge in [-0.15, -0.1) is 0 Å². The van der Waals surface area contributed by atoms with Crippen LogP contribution in [-0.2, 0) is 17.9 Å². The highest BCUT2D eigenvalue weighted by molar-refractivity contribution is 8.18. The zero-order valence-electron chi connectivity index (χ0n) is 16.9. The molecule has 1 saturated heterocycles. The third-order valence-corrected chi connectivity index (χ3v) is 6.63. The normalized spacial score (nSPS) is 14.9. The zero-order chi connectivity index (χ0) is 23.5. The van der Waals surface area contributed by atoms with Crippen LogP contribution in [0.2, 0.25) is 15.1 Å². The summed E-state index contributed by atoms with van der Waals surface area (Å²) in [6.45, 7) is 0.209. The van der Waals surface area contributed by atoms with Crippen molar-refractivity contribution >= 4 is 63.8 Å². The van der Waals surface area contributed by atoms with Crippen molar-refractivity contribution in [2.75, 3.05) is 0 Å². The van der Waals surface area contributed by atoms with Gasteiger partial charge in [0.15, 0.2) is 0 Å². The van der Waals surface area contributed by atoms with Crippen molar-refractivity contribution in [3.05, 3.63) is 103 Å². The minimum atomic E-state index is -0.488. The van der Waals surface area contributed by atoms with Gasteiger partial charge in [0, 0.05) is 20.6 Å². The Balaban J connectivity index is 1.47. The van der Waals surface area contributed by atoms with E-state index in [0.717, 1.165) is 28.3 Å². The van der Waals surface area contributed by atoms with Gasteiger partial charge >= 0.3 is 0 Å². The molecule has 1 aliphatic rings. The van der Waals surface area contributed by atoms with Crippen molar-refractivity contribution in [1.82, 2.24) is 4.90 Å². The molecule has 0 radical (unpaired) electrons. The van der Waals surface area contributed by atoms with E-state index in [4.69, 9.17) is 39.5 Å². The van der Waals surface area contributed by atoms with Gasteiger partial charge in [0.1, 0.15) is 18.2 Å². The first-order valence-corrected chi connectivity index (χ1v) is 11.6. The highest BCUT2D eigenvalue weighted by Gasteiger charge is 2.35. The van der Waals surface area contributed by atoms with Crippen molar-refractivity contribution in [3.63, 3.8) is 0 Å². The molecule has 9 heteroatoms. The number of halogens is 4. The van der Waals surface area contributed by atoms with Crippen LogP contribution in [0.1, 0.15) is 16.7 Å². The number of thioether (sulfide) groups is 1. The lowest BCUT2D eigenvalue weighted by molar-refractivity contribution is -0.123. The van der Waals surface area contributed by atoms with E-state index < -0.39 is 17.0 Å². The SMILES string of the molecule is O=C1S/C(=C/c2cccc(OCc3ccc(Cl)cc3Cl)c2)C(=O)N1Cc1ccc(F)cc1Cl. The third-order valence-electron chi connectivity index (χ3n) is 4.78. The molecule has 2 amide bonds. The maximum Gasteiger partial charge on any atom is 0.293 e. The standard InChI is InChI=1S/C24H15Cl3FNO3S/c25-17-6-4-16(20(26)10-17)13-32-19-3-1-2-14(8-19)9-22-23(30)29(24(31)33-22)12-15-5-7-18(28)11-21(15)27/h1-11H,12-13H2/b22-9+. The fourth-order valence-electron chi connectivity index (χ4n) is 3.10. The topological polar surface area (TPSA) is 46.6 Å². The van der Waals surface area contributed by atoms with Crippen LogP contribution >= 0.6 is 46.6 Å². The largest absolute Gasteiger partial charge is 0.489 e. The molecule has 0 saturated carbocycles. The predicted molar refractivity (Wildman–Crippen MR) is 130 cm³/mol. The second kappa shape index (κ2) is 10.2. The van der Waals surface area contributed by atoms with Crippen LogP contribution in [0.25, 0.3) is 6.08 Å². The molecule has 0 bridgehead atoms. The second-order valence-corrected chi connectivity index (χ2v) is 9.34. The molecule has 168 valence electrons. The molecule has 33 heavy (non-hydrogen) atoms. The van der Waals surface area contributed by atoms with E-state index in [2.05, 4.69) is 0 Å². The van der Waals surface area contributed by atoms with E-state index in [1.165, 1.54) is 12.1 Å². The number of ether oxygens (including phenoxy) is 1. The number of hydrogen-bond acceptors (Lipinski definition) is 4. The van der Waals surface area contributed by atoms with Crippen molar-refractivity contribution in [2.24, 2.45) is 0 Å². The van der Waals surface area contributed by atoms with E-state index in [-0.39, 0.29) is 23.1 Å². The van der Waals surface area contributed by atoms with Gasteiger partial charge < -0.3 is 4.74 Å². The predicted octanol–water partition coefficient (Wildman–Crippen LogP) is 7.60. The van der Waals surface area contributed by atoms with Gasteiger partial charge in [0.05, 0.1) is 11.4 Å². The Labute approximate surface area is 208 Å². The highest BCUT2D eigenvalue weighted by Crippen LogP contribution is 2.34. The summed E-state index contributed by atoms with van der Waals surface area (Å²) in [5.74, 6) is -0.352. The monoisotopic (exact) mass is 521 g/mol. The molecular weight excluding hydrogens is 508 g/mol. The minimum Gasteiger partial charge on any atom is -0.489 e. The average molecular weight is 523 g/mol. The van der Waals surface area contributed by atoms with Crippen LogP contribution in [0.15, 0.2) is 65.6 Å². The molecule has 1 fully saturated rings. The molecule has 1 aliphatic heterocycles. The van der Waals surface area contributed by atoms with Crippen LogP contribution in [0.4, 0.5) is 9.18 Å². The fourth-order valence-corrected chi connectivity index (χ4v) is 4.63. The molecule has 1 heterocycles. The first kappa shape index (κ1) is 23.6. The first-order chi connectivity index (χ1) is 15.8. The number of nitrogens with zero attached hydrogens (tertiary/aromatic N) is 1. The fraction of sp³-hybridized carbons (Fsp3) is 0.0833. The maximum atomic E-state index is 13.3. The van der Waals surface area contributed by atoms with Crippen LogP contribution in [0.3, 0.4) is 0 Å². The van der Waals surface area contributed by atoms with Gasteiger partial charge in [-0.3, -0.25) is 14.5 Å². The Morgan fingerprint density at radius 3 is 2.45 bits per heavy atom. The van der Waals surface area contributed by atoms with Crippen molar-refractivity contribution in [3.8, 4) is 5.75 Å². The minimum absolute atomic E-state index is 0.0356. The van der Waals surface area contributed by atoms with E-state index in [0.29, 0.717) is 26.9 Å². The van der Waals surface area contributed by atoms with Gasteiger partial charge in [-0.25, -0.2) is 4.39 Å². The molecule has 0 spiro atoms. The summed E-state index contributed by atoms with van der Waals surface area (Å²) in [4.78, 5) is 26.6. The van der Waals surface area contributed by atoms with Gasteiger partial charge in [0.25, 0.3) is 11.1 Å². The van der Waals surface area contributed by atoms with Crippen molar-refractivity contribution in [2.45, 2.75) is 13.2 Å². The van der Waals surface area contributed by atoms with Crippen LogP contribution < -0.4 is 4.74 Å². The number of carbonyl (C=O) groups is 2. The van der Waals surface area contributed by atoms with E-state index in [9.17, 15) is 14.0 Å². The third kappa shape index (κ3) is 5.71. The quantitative estimate of drug-likeness (QED) is 0.313. The van der Waals surface area contributed by atoms with Crippen LogP contribution in [0, 0.1) is 5.82 Å². The molecule has 0 N–H and O–H groups in total. The van der Waals surface area contributed by atoms with E-state index in [1.54, 1.807) is 48.5 Å². The van der Waals surface area contributed by atoms with Gasteiger partial charge in [-0.05, 0) is 65.4 Å². The number of amides is 2. The molecule has 0 aliphatic carbocycles. The molecule has 3 aromatic rings. The molecule has 0 unspecified atom stereocenters. The molecule has 4 rings (SSSR count). The number of carbonyl (C=O) groups excluding carboxylic acids is 2. The maximum absolute atomic E-state index is 13.3. The summed E-state index contributed by atoms with van der Waals surface area (Å²) in [6, 6.07) is 16.1. The molecule has 0 aromatic heterocycles. The lowest BCUT2D eigenvalue weighted by Crippen LogP contribution is -2.27. The van der Waals surface area contributed by atoms with Gasteiger partial charge in [0.2, 0.25) is 0 Å². The van der Waals surface area contributed by atoms with Crippen LogP contribution in [0.5, 0.6) is 5.75 Å². The number of imide groups is 1. The van der Waals surface area contributed by atoms with Gasteiger partial charge in [-0.1, -0.05) is 59.1 Å². The molecule has 3 aromatic carbocycles. The Hall–Kier alpha value is -2.51. The summed E-state index contributed by atoms with van der Waals surface area (Å²) in [6.07, 6.45) is 1.62. The summed E-state index contributed by atoms with van der Waals surface area (Å²) in [5.41, 5.74) is 1.96. The summed E-state index contributed by atoms with van der Waals surface area (Å²) in [5, 5.41) is 0.787. The van der Waals surface area contributed by atoms with Crippen molar-refractivity contribution in [1.29, 1.82) is 0 Å². The summed E-state index contributed by atoms with van der Waals surface area (Å²) >= 11 is 19.0. The number of hydrogen-bond donors (Lipinski definition) is 0. The smallest absolute Gasteiger partial charge is 0.293 e. The molecule has 4 nitrogen and oxygen atoms in total. The summed E-state index contributed by atoms with van der Waals surface area (Å²) in [7, 11) is 0. The Morgan fingerprint density at radius 2 is 1.70 bits per heavy atom. The van der Waals surface area contributed by atoms with E-state index in [1.807, 2.05) is 0 Å². The average Bonchev–Trinajstić information content (AvgIpc) is 3.02. The highest BCUT2D eigenvalue weighted by atomic mass is 35.5. The molecular formula is C24H15Cl3FNO3S. The van der Waals surface area contributed by atoms with E-state index >= 15 is 0 Å². The Kier molecular flexibility index (Phi) is 7.29. The van der Waals surface area contributed by atoms with Crippen molar-refractivity contribution < 1.29 is 18.7 Å². The summed E-state index contributed by atoms with van der Waals surface area (Å²) < 4.78 is 19.1. The first-order valence-electron chi connectivity index (χ1n) is 9.66. The number of benzene rings is 3. The lowest BCUT2D eigenvalue weighted by atomic mass is 10.2. The van der Waals surface area contributed by atoms with Crippen LogP contribution in [-0.4, -0.2) is 16.0 Å².